The standard InChI is InChI=1S/C9H13ClN2O3S/c1-4-12-6-7(16(10,14)15)5-8(12)9(13)11(2)3/h5-6H,4H2,1-3H3. The predicted octanol–water partition coefficient (Wildman–Crippen LogP) is 1.14. The van der Waals surface area contributed by atoms with Crippen molar-refractivity contribution in [3.8, 4) is 0 Å². The number of aryl methyl sites for hydroxylation is 1. The maximum Gasteiger partial charge on any atom is 0.270 e. The molecule has 0 radical (unpaired) electrons. The fraction of sp³-hybridized carbons (Fsp3) is 0.444. The summed E-state index contributed by atoms with van der Waals surface area (Å²) in [6.45, 7) is 2.32. The molecule has 1 amide bonds. The molecule has 16 heavy (non-hydrogen) atoms. The molecular weight excluding hydrogens is 252 g/mol. The molecule has 0 unspecified atom stereocenters. The minimum absolute atomic E-state index is 0.0544. The smallest absolute Gasteiger partial charge is 0.270 e. The third-order valence-electron chi connectivity index (χ3n) is 2.12. The Morgan fingerprint density at radius 2 is 2.06 bits per heavy atom. The van der Waals surface area contributed by atoms with E-state index in [4.69, 9.17) is 10.7 Å². The van der Waals surface area contributed by atoms with E-state index in [1.165, 1.54) is 17.2 Å². The summed E-state index contributed by atoms with van der Waals surface area (Å²) in [5.41, 5.74) is 0.312. The monoisotopic (exact) mass is 264 g/mol. The van der Waals surface area contributed by atoms with Crippen molar-refractivity contribution in [1.29, 1.82) is 0 Å². The van der Waals surface area contributed by atoms with Gasteiger partial charge in [-0.15, -0.1) is 0 Å². The van der Waals surface area contributed by atoms with Gasteiger partial charge in [0, 0.05) is 37.5 Å². The number of rotatable bonds is 3. The number of hydrogen-bond acceptors (Lipinski definition) is 3. The number of nitrogens with zero attached hydrogens (tertiary/aromatic N) is 2. The highest BCUT2D eigenvalue weighted by atomic mass is 35.7. The first-order valence-corrected chi connectivity index (χ1v) is 6.94. The molecule has 90 valence electrons. The normalized spacial score (nSPS) is 11.5. The molecule has 1 aromatic rings. The summed E-state index contributed by atoms with van der Waals surface area (Å²) >= 11 is 0. The van der Waals surface area contributed by atoms with Crippen LogP contribution in [0.2, 0.25) is 0 Å². The number of hydrogen-bond donors (Lipinski definition) is 0. The van der Waals surface area contributed by atoms with Crippen molar-refractivity contribution < 1.29 is 13.2 Å². The lowest BCUT2D eigenvalue weighted by Gasteiger charge is -2.11. The minimum atomic E-state index is -3.79. The SMILES string of the molecule is CCn1cc(S(=O)(=O)Cl)cc1C(=O)N(C)C. The van der Waals surface area contributed by atoms with Crippen molar-refractivity contribution in [2.45, 2.75) is 18.4 Å². The van der Waals surface area contributed by atoms with Crippen LogP contribution in [-0.4, -0.2) is 37.9 Å². The zero-order valence-electron chi connectivity index (χ0n) is 9.27. The van der Waals surface area contributed by atoms with Crippen molar-refractivity contribution in [2.24, 2.45) is 0 Å². The Kier molecular flexibility index (Phi) is 3.64. The third kappa shape index (κ3) is 2.56. The average molecular weight is 265 g/mol. The van der Waals surface area contributed by atoms with E-state index in [2.05, 4.69) is 0 Å². The largest absolute Gasteiger partial charge is 0.343 e. The molecule has 0 spiro atoms. The van der Waals surface area contributed by atoms with Gasteiger partial charge in [-0.3, -0.25) is 4.79 Å². The lowest BCUT2D eigenvalue weighted by Crippen LogP contribution is -2.24. The van der Waals surface area contributed by atoms with Gasteiger partial charge in [-0.05, 0) is 13.0 Å². The average Bonchev–Trinajstić information content (AvgIpc) is 2.59. The summed E-state index contributed by atoms with van der Waals surface area (Å²) in [5, 5.41) is 0. The van der Waals surface area contributed by atoms with Gasteiger partial charge in [-0.2, -0.15) is 0 Å². The fourth-order valence-electron chi connectivity index (χ4n) is 1.29. The molecule has 0 N–H and O–H groups in total. The van der Waals surface area contributed by atoms with E-state index < -0.39 is 9.05 Å². The van der Waals surface area contributed by atoms with Crippen LogP contribution < -0.4 is 0 Å². The molecule has 0 aromatic carbocycles. The summed E-state index contributed by atoms with van der Waals surface area (Å²) in [7, 11) is 4.63. The molecular formula is C9H13ClN2O3S. The highest BCUT2D eigenvalue weighted by molar-refractivity contribution is 8.13. The van der Waals surface area contributed by atoms with Crippen LogP contribution in [0, 0.1) is 0 Å². The molecule has 0 fully saturated rings. The van der Waals surface area contributed by atoms with Crippen molar-refractivity contribution >= 4 is 25.6 Å². The lowest BCUT2D eigenvalue weighted by atomic mass is 10.4. The second-order valence-corrected chi connectivity index (χ2v) is 6.05. The number of carbonyl (C=O) groups is 1. The van der Waals surface area contributed by atoms with Crippen molar-refractivity contribution in [3.05, 3.63) is 18.0 Å². The summed E-state index contributed by atoms with van der Waals surface area (Å²) in [6, 6.07) is 1.29. The molecule has 0 bridgehead atoms. The van der Waals surface area contributed by atoms with E-state index in [0.717, 1.165) is 0 Å². The number of amides is 1. The van der Waals surface area contributed by atoms with Crippen molar-refractivity contribution in [1.82, 2.24) is 9.47 Å². The van der Waals surface area contributed by atoms with Gasteiger partial charge in [0.05, 0.1) is 0 Å². The maximum absolute atomic E-state index is 11.7. The van der Waals surface area contributed by atoms with Crippen LogP contribution >= 0.6 is 10.7 Å². The molecule has 0 aliphatic heterocycles. The second-order valence-electron chi connectivity index (χ2n) is 3.48. The Bertz CT molecular complexity index is 505. The molecule has 0 saturated carbocycles. The highest BCUT2D eigenvalue weighted by Gasteiger charge is 2.20. The van der Waals surface area contributed by atoms with Gasteiger partial charge in [-0.25, -0.2) is 8.42 Å². The summed E-state index contributed by atoms with van der Waals surface area (Å²) in [6.07, 6.45) is 1.36. The van der Waals surface area contributed by atoms with Crippen LogP contribution in [0.25, 0.3) is 0 Å². The van der Waals surface area contributed by atoms with Crippen LogP contribution in [0.1, 0.15) is 17.4 Å². The first-order valence-electron chi connectivity index (χ1n) is 4.64. The lowest BCUT2D eigenvalue weighted by molar-refractivity contribution is 0.0817. The summed E-state index contributed by atoms with van der Waals surface area (Å²) < 4.78 is 23.8. The summed E-state index contributed by atoms with van der Waals surface area (Å²) in [5.74, 6) is -0.256. The Morgan fingerprint density at radius 3 is 2.44 bits per heavy atom. The Hall–Kier alpha value is -1.01. The van der Waals surface area contributed by atoms with E-state index >= 15 is 0 Å². The van der Waals surface area contributed by atoms with Crippen molar-refractivity contribution in [2.75, 3.05) is 14.1 Å². The molecule has 0 saturated heterocycles. The molecule has 1 heterocycles. The molecule has 1 aromatic heterocycles. The van der Waals surface area contributed by atoms with Crippen molar-refractivity contribution in [3.63, 3.8) is 0 Å². The Labute approximate surface area is 99.0 Å². The maximum atomic E-state index is 11.7. The van der Waals surface area contributed by atoms with E-state index in [1.807, 2.05) is 6.92 Å². The van der Waals surface area contributed by atoms with Crippen LogP contribution in [0.4, 0.5) is 0 Å². The molecule has 7 heteroatoms. The second kappa shape index (κ2) is 4.47. The fourth-order valence-corrected chi connectivity index (χ4v) is 2.05. The molecule has 1 rings (SSSR count). The van der Waals surface area contributed by atoms with Gasteiger partial charge in [-0.1, -0.05) is 0 Å². The zero-order valence-corrected chi connectivity index (χ0v) is 10.8. The number of aromatic nitrogens is 1. The van der Waals surface area contributed by atoms with Gasteiger partial charge in [0.2, 0.25) is 0 Å². The van der Waals surface area contributed by atoms with Crippen LogP contribution in [0.15, 0.2) is 17.2 Å². The number of carbonyl (C=O) groups excluding carboxylic acids is 1. The minimum Gasteiger partial charge on any atom is -0.343 e. The Balaban J connectivity index is 3.30. The van der Waals surface area contributed by atoms with Gasteiger partial charge in [0.15, 0.2) is 0 Å². The van der Waals surface area contributed by atoms with Gasteiger partial charge in [0.25, 0.3) is 15.0 Å². The molecule has 0 atom stereocenters. The predicted molar refractivity (Wildman–Crippen MR) is 61.2 cm³/mol. The molecule has 0 aliphatic carbocycles. The third-order valence-corrected chi connectivity index (χ3v) is 3.44. The quantitative estimate of drug-likeness (QED) is 0.769. The van der Waals surface area contributed by atoms with E-state index in [0.29, 0.717) is 12.2 Å². The zero-order chi connectivity index (χ0) is 12.5. The molecule has 0 aliphatic rings. The van der Waals surface area contributed by atoms with E-state index in [-0.39, 0.29) is 10.8 Å². The summed E-state index contributed by atoms with van der Waals surface area (Å²) in [4.78, 5) is 13.1. The van der Waals surface area contributed by atoms with Crippen LogP contribution in [0.5, 0.6) is 0 Å². The van der Waals surface area contributed by atoms with Crippen LogP contribution in [-0.2, 0) is 15.6 Å². The Morgan fingerprint density at radius 1 is 1.50 bits per heavy atom. The van der Waals surface area contributed by atoms with E-state index in [1.54, 1.807) is 18.7 Å². The first kappa shape index (κ1) is 13.1. The van der Waals surface area contributed by atoms with E-state index in [9.17, 15) is 13.2 Å². The molecule has 5 nitrogen and oxygen atoms in total. The first-order chi connectivity index (χ1) is 7.27. The topological polar surface area (TPSA) is 59.4 Å². The van der Waals surface area contributed by atoms with Gasteiger partial charge < -0.3 is 9.47 Å². The van der Waals surface area contributed by atoms with Gasteiger partial charge in [0.1, 0.15) is 10.6 Å². The number of halogens is 1. The van der Waals surface area contributed by atoms with Gasteiger partial charge >= 0.3 is 0 Å². The highest BCUT2D eigenvalue weighted by Crippen LogP contribution is 2.19. The van der Waals surface area contributed by atoms with Crippen LogP contribution in [0.3, 0.4) is 0 Å².